The van der Waals surface area contributed by atoms with Gasteiger partial charge in [-0.1, -0.05) is 60.7 Å². The molecule has 168 valence electrons. The molecular formula is C24H25NO7. The summed E-state index contributed by atoms with van der Waals surface area (Å²) in [5.41, 5.74) is 1.50. The molecule has 1 amide bonds. The predicted octanol–water partition coefficient (Wildman–Crippen LogP) is 3.06. The molecular weight excluding hydrogens is 414 g/mol. The van der Waals surface area contributed by atoms with Gasteiger partial charge in [-0.2, -0.15) is 0 Å². The van der Waals surface area contributed by atoms with Gasteiger partial charge in [0.2, 0.25) is 0 Å². The monoisotopic (exact) mass is 439 g/mol. The van der Waals surface area contributed by atoms with Crippen LogP contribution in [-0.2, 0) is 35.2 Å². The number of nitrogens with zero attached hydrogens (tertiary/aromatic N) is 1. The summed E-state index contributed by atoms with van der Waals surface area (Å²) in [5, 5.41) is 0. The van der Waals surface area contributed by atoms with Crippen molar-refractivity contribution in [2.75, 3.05) is 13.7 Å². The molecule has 8 heteroatoms. The number of carbonyl (C=O) groups is 4. The lowest BCUT2D eigenvalue weighted by atomic mass is 9.90. The molecule has 8 nitrogen and oxygen atoms in total. The van der Waals surface area contributed by atoms with Gasteiger partial charge < -0.3 is 14.2 Å². The quantitative estimate of drug-likeness (QED) is 0.336. The Balaban J connectivity index is 1.91. The second kappa shape index (κ2) is 10.6. The number of amides is 1. The average molecular weight is 439 g/mol. The van der Waals surface area contributed by atoms with Crippen molar-refractivity contribution >= 4 is 23.8 Å². The van der Waals surface area contributed by atoms with Crippen molar-refractivity contribution in [3.8, 4) is 0 Å². The SMILES string of the molecule is COC(=O)CC(C(C(C)=O)C(=O)OCc1ccccc1)N1C(=O)OC[C@@H]1c1ccccc1. The topological polar surface area (TPSA) is 99.2 Å². The van der Waals surface area contributed by atoms with Gasteiger partial charge in [-0.15, -0.1) is 0 Å². The van der Waals surface area contributed by atoms with Crippen LogP contribution >= 0.6 is 0 Å². The molecule has 0 saturated carbocycles. The Morgan fingerprint density at radius 1 is 1.06 bits per heavy atom. The van der Waals surface area contributed by atoms with Crippen molar-refractivity contribution in [3.05, 3.63) is 71.8 Å². The Hall–Kier alpha value is -3.68. The first-order chi connectivity index (χ1) is 15.4. The van der Waals surface area contributed by atoms with E-state index in [9.17, 15) is 19.2 Å². The number of methoxy groups -OCH3 is 1. The number of ketones is 1. The number of cyclic esters (lactones) is 1. The maximum absolute atomic E-state index is 13.0. The molecule has 0 spiro atoms. The van der Waals surface area contributed by atoms with Crippen LogP contribution in [0.1, 0.15) is 30.5 Å². The maximum atomic E-state index is 13.0. The second-order valence-electron chi connectivity index (χ2n) is 7.44. The predicted molar refractivity (Wildman–Crippen MR) is 113 cm³/mol. The number of rotatable bonds is 9. The molecule has 2 aromatic carbocycles. The van der Waals surface area contributed by atoms with Crippen LogP contribution in [0.3, 0.4) is 0 Å². The highest BCUT2D eigenvalue weighted by molar-refractivity contribution is 5.99. The average Bonchev–Trinajstić information content (AvgIpc) is 3.19. The Bertz CT molecular complexity index is 961. The molecule has 1 aliphatic heterocycles. The largest absolute Gasteiger partial charge is 0.469 e. The minimum atomic E-state index is -1.38. The summed E-state index contributed by atoms with van der Waals surface area (Å²) in [6.45, 7) is 1.23. The van der Waals surface area contributed by atoms with E-state index in [2.05, 4.69) is 0 Å². The van der Waals surface area contributed by atoms with Gasteiger partial charge in [0.05, 0.1) is 25.6 Å². The van der Waals surface area contributed by atoms with E-state index < -0.39 is 41.8 Å². The third-order valence-electron chi connectivity index (χ3n) is 5.36. The van der Waals surface area contributed by atoms with E-state index in [-0.39, 0.29) is 19.6 Å². The van der Waals surface area contributed by atoms with Crippen LogP contribution in [-0.4, -0.2) is 48.5 Å². The first-order valence-corrected chi connectivity index (χ1v) is 10.2. The second-order valence-corrected chi connectivity index (χ2v) is 7.44. The zero-order valence-electron chi connectivity index (χ0n) is 17.9. The molecule has 1 fully saturated rings. The minimum Gasteiger partial charge on any atom is -0.469 e. The molecule has 3 rings (SSSR count). The van der Waals surface area contributed by atoms with Gasteiger partial charge in [-0.25, -0.2) is 4.79 Å². The normalized spacial score (nSPS) is 17.2. The number of hydrogen-bond acceptors (Lipinski definition) is 7. The highest BCUT2D eigenvalue weighted by atomic mass is 16.6. The van der Waals surface area contributed by atoms with E-state index in [4.69, 9.17) is 14.2 Å². The van der Waals surface area contributed by atoms with Crippen LogP contribution in [0, 0.1) is 5.92 Å². The van der Waals surface area contributed by atoms with Crippen LogP contribution in [0.25, 0.3) is 0 Å². The van der Waals surface area contributed by atoms with E-state index in [0.29, 0.717) is 0 Å². The van der Waals surface area contributed by atoms with Crippen molar-refractivity contribution < 1.29 is 33.4 Å². The molecule has 0 radical (unpaired) electrons. The molecule has 3 atom stereocenters. The van der Waals surface area contributed by atoms with Gasteiger partial charge in [-0.3, -0.25) is 19.3 Å². The number of Topliss-reactive ketones (excluding diaryl/α,β-unsaturated/α-hetero) is 1. The summed E-state index contributed by atoms with van der Waals surface area (Å²) in [4.78, 5) is 51.7. The van der Waals surface area contributed by atoms with Crippen molar-refractivity contribution in [2.24, 2.45) is 5.92 Å². The number of benzene rings is 2. The van der Waals surface area contributed by atoms with E-state index in [1.165, 1.54) is 18.9 Å². The van der Waals surface area contributed by atoms with Crippen molar-refractivity contribution in [2.45, 2.75) is 32.0 Å². The fourth-order valence-corrected chi connectivity index (χ4v) is 3.77. The van der Waals surface area contributed by atoms with Crippen LogP contribution in [0.5, 0.6) is 0 Å². The van der Waals surface area contributed by atoms with Crippen molar-refractivity contribution in [3.63, 3.8) is 0 Å². The van der Waals surface area contributed by atoms with Crippen molar-refractivity contribution in [1.82, 2.24) is 4.90 Å². The third kappa shape index (κ3) is 5.32. The number of ether oxygens (including phenoxy) is 3. The Labute approximate surface area is 186 Å². The van der Waals surface area contributed by atoms with E-state index in [0.717, 1.165) is 11.1 Å². The summed E-state index contributed by atoms with van der Waals surface area (Å²) < 4.78 is 15.4. The Kier molecular flexibility index (Phi) is 7.59. The van der Waals surface area contributed by atoms with Gasteiger partial charge in [0, 0.05) is 0 Å². The number of hydrogen-bond donors (Lipinski definition) is 0. The maximum Gasteiger partial charge on any atom is 0.410 e. The van der Waals surface area contributed by atoms with Crippen molar-refractivity contribution in [1.29, 1.82) is 0 Å². The zero-order chi connectivity index (χ0) is 23.1. The standard InChI is InChI=1S/C24H25NO7/c1-16(26)22(23(28)31-14-17-9-5-3-6-10-17)19(13-21(27)30-2)25-20(15-32-24(25)29)18-11-7-4-8-12-18/h3-12,19-20,22H,13-15H2,1-2H3/t19?,20-,22?/m1/s1. The summed E-state index contributed by atoms with van der Waals surface area (Å²) in [7, 11) is 1.20. The molecule has 0 N–H and O–H groups in total. The van der Waals surface area contributed by atoms with E-state index >= 15 is 0 Å². The van der Waals surface area contributed by atoms with Gasteiger partial charge in [0.25, 0.3) is 0 Å². The Morgan fingerprint density at radius 2 is 1.69 bits per heavy atom. The molecule has 2 unspecified atom stereocenters. The van der Waals surface area contributed by atoms with Crippen LogP contribution in [0.4, 0.5) is 4.79 Å². The molecule has 0 aliphatic carbocycles. The first kappa shape index (κ1) is 23.0. The fraction of sp³-hybridized carbons (Fsp3) is 0.333. The fourth-order valence-electron chi connectivity index (χ4n) is 3.77. The molecule has 1 heterocycles. The first-order valence-electron chi connectivity index (χ1n) is 10.2. The molecule has 1 saturated heterocycles. The molecule has 32 heavy (non-hydrogen) atoms. The van der Waals surface area contributed by atoms with Gasteiger partial charge in [0.15, 0.2) is 0 Å². The van der Waals surface area contributed by atoms with Gasteiger partial charge in [0.1, 0.15) is 24.9 Å². The Morgan fingerprint density at radius 3 is 2.28 bits per heavy atom. The lowest BCUT2D eigenvalue weighted by molar-refractivity contribution is -0.156. The van der Waals surface area contributed by atoms with Crippen LogP contribution in [0.15, 0.2) is 60.7 Å². The number of carbonyl (C=O) groups excluding carboxylic acids is 4. The minimum absolute atomic E-state index is 0.0320. The summed E-state index contributed by atoms with van der Waals surface area (Å²) in [6, 6.07) is 16.4. The number of esters is 2. The van der Waals surface area contributed by atoms with E-state index in [1.807, 2.05) is 36.4 Å². The summed E-state index contributed by atoms with van der Waals surface area (Å²) in [6.07, 6.45) is -1.07. The lowest BCUT2D eigenvalue weighted by Gasteiger charge is -2.33. The zero-order valence-corrected chi connectivity index (χ0v) is 17.9. The van der Waals surface area contributed by atoms with Gasteiger partial charge >= 0.3 is 18.0 Å². The highest BCUT2D eigenvalue weighted by Gasteiger charge is 2.47. The highest BCUT2D eigenvalue weighted by Crippen LogP contribution is 2.34. The molecule has 1 aliphatic rings. The third-order valence-corrected chi connectivity index (χ3v) is 5.36. The molecule has 0 bridgehead atoms. The van der Waals surface area contributed by atoms with Crippen LogP contribution < -0.4 is 0 Å². The summed E-state index contributed by atoms with van der Waals surface area (Å²) in [5.74, 6) is -3.39. The van der Waals surface area contributed by atoms with E-state index in [1.54, 1.807) is 24.3 Å². The molecule has 0 aromatic heterocycles. The smallest absolute Gasteiger partial charge is 0.410 e. The van der Waals surface area contributed by atoms with Crippen LogP contribution in [0.2, 0.25) is 0 Å². The molecule has 2 aromatic rings. The summed E-state index contributed by atoms with van der Waals surface area (Å²) >= 11 is 0. The van der Waals surface area contributed by atoms with Gasteiger partial charge in [-0.05, 0) is 18.1 Å². The lowest BCUT2D eigenvalue weighted by Crippen LogP contribution is -2.49.